The van der Waals surface area contributed by atoms with Crippen molar-refractivity contribution in [2.24, 2.45) is 5.73 Å². The number of nitrogens with zero attached hydrogens (tertiary/aromatic N) is 12. The van der Waals surface area contributed by atoms with Gasteiger partial charge in [0.25, 0.3) is 0 Å². The number of nitrogens with one attached hydrogen (secondary N) is 3. The highest BCUT2D eigenvalue weighted by atomic mass is 79.9. The predicted molar refractivity (Wildman–Crippen MR) is 540 cm³/mol. The Morgan fingerprint density at radius 1 is 0.464 bits per heavy atom. The van der Waals surface area contributed by atoms with Gasteiger partial charge in [0.15, 0.2) is 11.5 Å². The monoisotopic (exact) mass is 2040 g/mol. The second kappa shape index (κ2) is 55.3. The number of hydrogen-bond acceptors (Lipinski definition) is 27. The van der Waals surface area contributed by atoms with E-state index in [-0.39, 0.29) is 149 Å². The predicted octanol–water partition coefficient (Wildman–Crippen LogP) is 20.9. The molecule has 0 saturated carbocycles. The van der Waals surface area contributed by atoms with Crippen LogP contribution in [0.25, 0.3) is 0 Å². The number of anilines is 3. The van der Waals surface area contributed by atoms with Gasteiger partial charge in [-0.05, 0) is 267 Å². The third kappa shape index (κ3) is 35.6. The van der Waals surface area contributed by atoms with Crippen LogP contribution < -0.4 is 37.3 Å². The van der Waals surface area contributed by atoms with Crippen molar-refractivity contribution in [3.8, 4) is 11.5 Å². The first-order chi connectivity index (χ1) is 65.1. The summed E-state index contributed by atoms with van der Waals surface area (Å²) in [7, 11) is -0.902. The van der Waals surface area contributed by atoms with Crippen LogP contribution in [0.4, 0.5) is 50.2 Å². The molecule has 0 aliphatic carbocycles. The molecule has 0 spiro atoms. The number of hydrogen-bond donors (Lipinski definition) is 5. The summed E-state index contributed by atoms with van der Waals surface area (Å²) in [4.78, 5) is 91.6. The molecule has 31 nitrogen and oxygen atoms in total. The summed E-state index contributed by atoms with van der Waals surface area (Å²) in [6.07, 6.45) is 23.9. The van der Waals surface area contributed by atoms with Gasteiger partial charge in [0.1, 0.15) is 6.61 Å². The zero-order chi connectivity index (χ0) is 102. The number of aromatic hydroxyl groups is 1. The van der Waals surface area contributed by atoms with E-state index >= 15 is 0 Å². The van der Waals surface area contributed by atoms with E-state index in [1.807, 2.05) is 161 Å². The maximum absolute atomic E-state index is 12.7. The zero-order valence-corrected chi connectivity index (χ0v) is 88.7. The molecule has 0 bridgehead atoms. The van der Waals surface area contributed by atoms with Gasteiger partial charge in [0.05, 0.1) is 77.2 Å². The second-order valence-electron chi connectivity index (χ2n) is 38.9. The molecule has 7 saturated heterocycles. The molecule has 6 aromatic rings. The van der Waals surface area contributed by atoms with Crippen LogP contribution in [0.1, 0.15) is 298 Å². The Bertz CT molecular complexity index is 4520. The van der Waals surface area contributed by atoms with E-state index in [2.05, 4.69) is 127 Å². The van der Waals surface area contributed by atoms with Crippen LogP contribution in [0.5, 0.6) is 11.5 Å². The van der Waals surface area contributed by atoms with Crippen LogP contribution in [0, 0.1) is 0 Å². The normalized spacial score (nSPS) is 23.4. The van der Waals surface area contributed by atoms with E-state index < -0.39 is 37.2 Å². The van der Waals surface area contributed by atoms with Crippen LogP contribution in [-0.4, -0.2) is 236 Å². The van der Waals surface area contributed by atoms with Gasteiger partial charge in [-0.3, -0.25) is 0 Å². The van der Waals surface area contributed by atoms with Crippen molar-refractivity contribution in [1.82, 2.24) is 59.5 Å². The summed E-state index contributed by atoms with van der Waals surface area (Å²) < 4.78 is 93.0. The molecule has 768 valence electrons. The average Bonchev–Trinajstić information content (AvgIpc) is 1.62. The number of halogens is 6. The van der Waals surface area contributed by atoms with Crippen molar-refractivity contribution in [1.29, 1.82) is 0 Å². The highest BCUT2D eigenvalue weighted by Gasteiger charge is 2.54. The molecule has 11 heterocycles. The molecule has 7 aliphatic heterocycles. The molecule has 7 aliphatic rings. The number of carbonyl (C=O) groups is 4. The Kier molecular flexibility index (Phi) is 46.7. The topological polar surface area (TPSA) is 359 Å². The molecule has 4 amide bonds. The summed E-state index contributed by atoms with van der Waals surface area (Å²) >= 11 is 14.2. The highest BCUT2D eigenvalue weighted by Crippen LogP contribution is 2.40. The van der Waals surface area contributed by atoms with E-state index in [9.17, 15) is 37.5 Å². The van der Waals surface area contributed by atoms with E-state index in [1.165, 1.54) is 31.3 Å². The van der Waals surface area contributed by atoms with Crippen LogP contribution in [0.3, 0.4) is 0 Å². The van der Waals surface area contributed by atoms with E-state index in [0.29, 0.717) is 41.1 Å². The number of nitrogens with two attached hydrogens (primary N) is 1. The van der Waals surface area contributed by atoms with Crippen LogP contribution in [-0.2, 0) is 60.4 Å². The van der Waals surface area contributed by atoms with Gasteiger partial charge in [-0.2, -0.15) is 13.2 Å². The van der Waals surface area contributed by atoms with Crippen molar-refractivity contribution in [3.05, 3.63) is 125 Å². The van der Waals surface area contributed by atoms with Crippen LogP contribution in [0.15, 0.2) is 98.1 Å². The van der Waals surface area contributed by atoms with Crippen molar-refractivity contribution in [2.45, 2.75) is 419 Å². The lowest BCUT2D eigenvalue weighted by Gasteiger charge is -2.44. The highest BCUT2D eigenvalue weighted by molar-refractivity contribution is 9.08. The fraction of sp³-hybridized carbons (Fsp3) is 0.677. The molecule has 2 aromatic carbocycles. The maximum atomic E-state index is 12.7. The SMILES string of the molecule is C1CCOC1.CC1(C)OB(c2cnc(Cl)nc2)OC1(C)C.CC[C@@H]1CC(N)C[C@H](CC)N1C(=O)OC(C)C.CC[C@@H]1CC(Nc2ncc(B3OC(C)(C)C(C)(C)O3)cn2)C[C@H](CC)N1C(=O)OC(C)C.CC[C@@H]1CC(Nc2ncc(O)cn2)C[C@H](CC)N1C(=O)OC(C)C.CC[C@@H]1CC(Nc2ncc(OCc3ccccc3)cn2)C[C@H](CC)N1C(=O)OC(C)C.FC(F)(F)c1cc(Cl)cc(CBr)c1. The molecular formula is C99H154B2BrCl2F3N16O15. The minimum Gasteiger partial charge on any atom is -0.505 e. The molecule has 39 heteroatoms. The minimum atomic E-state index is -4.33. The second-order valence-corrected chi connectivity index (χ2v) is 40.2. The number of likely N-dealkylation sites (tertiary alicyclic amines) is 4. The van der Waals surface area contributed by atoms with Gasteiger partial charge in [-0.15, -0.1) is 0 Å². The van der Waals surface area contributed by atoms with Crippen molar-refractivity contribution in [2.75, 3.05) is 29.2 Å². The molecule has 4 aromatic heterocycles. The molecule has 138 heavy (non-hydrogen) atoms. The van der Waals surface area contributed by atoms with Gasteiger partial charge in [0, 0.05) is 132 Å². The van der Waals surface area contributed by atoms with Crippen molar-refractivity contribution in [3.63, 3.8) is 0 Å². The Labute approximate surface area is 836 Å². The number of benzene rings is 2. The first kappa shape index (κ1) is 117. The van der Waals surface area contributed by atoms with Crippen LogP contribution >= 0.6 is 39.1 Å². The summed E-state index contributed by atoms with van der Waals surface area (Å²) in [5.74, 6) is 2.35. The molecule has 4 unspecified atom stereocenters. The van der Waals surface area contributed by atoms with Crippen LogP contribution in [0.2, 0.25) is 10.3 Å². The Hall–Kier alpha value is -8.42. The molecule has 7 fully saturated rings. The summed E-state index contributed by atoms with van der Waals surface area (Å²) in [6.45, 7) is 50.5. The number of piperidine rings is 4. The summed E-state index contributed by atoms with van der Waals surface area (Å²) in [5, 5.41) is 20.2. The first-order valence-corrected chi connectivity index (χ1v) is 51.0. The fourth-order valence-electron chi connectivity index (χ4n) is 17.1. The van der Waals surface area contributed by atoms with Gasteiger partial charge < -0.3 is 93.4 Å². The quantitative estimate of drug-likeness (QED) is 0.0163. The number of aromatic nitrogens is 8. The Morgan fingerprint density at radius 2 is 0.761 bits per heavy atom. The van der Waals surface area contributed by atoms with Gasteiger partial charge in [0.2, 0.25) is 23.1 Å². The van der Waals surface area contributed by atoms with Gasteiger partial charge in [-0.25, -0.2) is 59.0 Å². The molecule has 0 radical (unpaired) electrons. The van der Waals surface area contributed by atoms with E-state index in [4.69, 9.17) is 76.0 Å². The third-order valence-electron chi connectivity index (χ3n) is 25.7. The Morgan fingerprint density at radius 3 is 1.04 bits per heavy atom. The van der Waals surface area contributed by atoms with Crippen molar-refractivity contribution >= 4 is 107 Å². The first-order valence-electron chi connectivity index (χ1n) is 49.2. The van der Waals surface area contributed by atoms with E-state index in [1.54, 1.807) is 37.2 Å². The lowest BCUT2D eigenvalue weighted by atomic mass is 9.81. The van der Waals surface area contributed by atoms with Crippen molar-refractivity contribution < 1.29 is 84.5 Å². The lowest BCUT2D eigenvalue weighted by Crippen LogP contribution is -2.55. The lowest BCUT2D eigenvalue weighted by molar-refractivity contribution is -0.137. The third-order valence-corrected chi connectivity index (χ3v) is 26.8. The number of carbonyl (C=O) groups excluding carboxylic acids is 4. The minimum absolute atomic E-state index is 0.0460. The number of rotatable bonds is 24. The smallest absolute Gasteiger partial charge is 0.498 e. The Balaban J connectivity index is 0.000000229. The van der Waals surface area contributed by atoms with E-state index in [0.717, 1.165) is 145 Å². The average molecular weight is 2040 g/mol. The number of alkyl halides is 4. The molecule has 13 rings (SSSR count). The fourth-order valence-corrected chi connectivity index (χ4v) is 17.8. The molecule has 6 N–H and O–H groups in total. The summed E-state index contributed by atoms with van der Waals surface area (Å²) in [6, 6.07) is 15.5. The molecule has 12 atom stereocenters. The standard InChI is InChI=1S/C24H34N4O3.C23H39BN4O4.C17H28N4O3.C13H26N2O2.C10H14BClN2O2.C8H5BrClF3.C4H8O/c1-5-20-12-19(13-21(6-2)28(20)24(29)31-17(3)4)27-23-25-14-22(15-26-23)30-16-18-10-8-7-9-11-18;1-9-18-11-17(12-19(10-2)28(18)21(29)30-15(3)4)27-20-25-13-16(14-26-20)24-31-22(5,6)23(7,8)32-24;1-5-13-7-12(20-16-18-9-15(22)10-19-16)8-14(6-2)21(13)17(23)24-11(3)4;1-5-11-7-10(14)8-12(6-2)15(11)13(16)17-9(3)4;1-9(2)10(3,4)16-11(15-9)7-5-13-8(12)14-6-7;9-4-5-1-6(8(11,12)13)3-7(10)2-5;1-2-4-5-3-1/h7-11,14-15,17,19-21H,5-6,12-13,16H2,1-4H3,(H,25,26,27);13-15,17-19H,9-12H2,1-8H3,(H,25,26,27);9-14,22H,5-8H2,1-4H3,(H,18,19,20);9-12H,5-8,14H2,1-4H3;5-6H,1-4H3;1-3H,4H2;1-4H2/t19?,20-,21+;17?,18-,19+;12?,13-,14+;10?,11-,12+;;;. The van der Waals surface area contributed by atoms with Gasteiger partial charge in [-0.1, -0.05) is 113 Å². The maximum Gasteiger partial charge on any atom is 0.498 e. The number of ether oxygens (including phenoxy) is 6. The summed E-state index contributed by atoms with van der Waals surface area (Å²) in [5.41, 5.74) is 7.04. The number of amides is 4. The van der Waals surface area contributed by atoms with Gasteiger partial charge >= 0.3 is 44.8 Å². The molecular weight excluding hydrogens is 1880 g/mol. The largest absolute Gasteiger partial charge is 0.505 e. The zero-order valence-electron chi connectivity index (χ0n) is 85.6.